The summed E-state index contributed by atoms with van der Waals surface area (Å²) in [6, 6.07) is 0. The molecule has 0 N–H and O–H groups in total. The summed E-state index contributed by atoms with van der Waals surface area (Å²) in [4.78, 5) is 22.6. The average Bonchev–Trinajstić information content (AvgIpc) is 2.09. The van der Waals surface area contributed by atoms with Crippen molar-refractivity contribution in [1.29, 1.82) is 0 Å². The summed E-state index contributed by atoms with van der Waals surface area (Å²) < 4.78 is 3.65. The fourth-order valence-electron chi connectivity index (χ4n) is 0.717. The minimum atomic E-state index is -0.540. The first-order valence-electron chi connectivity index (χ1n) is 4.36. The van der Waals surface area contributed by atoms with Gasteiger partial charge in [-0.05, 0) is 12.8 Å². The summed E-state index contributed by atoms with van der Waals surface area (Å²) in [5, 5.41) is 0. The summed E-state index contributed by atoms with van der Waals surface area (Å²) in [7, 11) is 0. The Bertz CT molecular complexity index is 252. The van der Waals surface area contributed by atoms with E-state index in [1.54, 1.807) is 0 Å². The van der Waals surface area contributed by atoms with Crippen molar-refractivity contribution in [1.82, 2.24) is 0 Å². The monoisotopic (exact) mass is 626 g/mol. The Morgan fingerprint density at radius 1 is 0.765 bits per heavy atom. The zero-order valence-electron chi connectivity index (χ0n) is 8.32. The number of esters is 2. The van der Waals surface area contributed by atoms with Gasteiger partial charge < -0.3 is 4.74 Å². The fraction of sp³-hybridized carbons (Fsp3) is 0.750. The minimum Gasteiger partial charge on any atom is -0.393 e. The third kappa shape index (κ3) is 14.2. The lowest BCUT2D eigenvalue weighted by molar-refractivity contribution is -0.159. The summed E-state index contributed by atoms with van der Waals surface area (Å²) in [5.74, 6) is -1.08. The zero-order valence-corrected chi connectivity index (χ0v) is 17.8. The first-order valence-corrected chi connectivity index (χ1v) is 9.12. The molecule has 0 aliphatic heterocycles. The molecule has 0 radical (unpaired) electrons. The van der Waals surface area contributed by atoms with Gasteiger partial charge in [-0.15, -0.1) is 0 Å². The molecule has 0 saturated heterocycles. The Balaban J connectivity index is 3.86. The van der Waals surface area contributed by atoms with E-state index in [1.807, 2.05) is 0 Å². The molecule has 0 saturated carbocycles. The molecule has 0 amide bonds. The largest absolute Gasteiger partial charge is 0.393 e. The van der Waals surface area contributed by atoms with Crippen molar-refractivity contribution in [2.75, 3.05) is 0 Å². The molecule has 0 heterocycles. The molecular weight excluding hydrogens is 624 g/mol. The van der Waals surface area contributed by atoms with Crippen LogP contribution in [0.15, 0.2) is 0 Å². The molecule has 0 aliphatic carbocycles. The first kappa shape index (κ1) is 19.0. The molecule has 0 aromatic rings. The number of halogens is 6. The molecule has 0 unspecified atom stereocenters. The van der Waals surface area contributed by atoms with Crippen LogP contribution in [0.25, 0.3) is 0 Å². The standard InChI is InChI=1S/C8H8Br6O3/c9-7(10,11)3-1-5(15)17-6(16)2-4-8(12,13)14/h1-4H2. The zero-order chi connectivity index (χ0) is 13.7. The van der Waals surface area contributed by atoms with Crippen LogP contribution in [0.3, 0.4) is 0 Å². The molecule has 3 nitrogen and oxygen atoms in total. The van der Waals surface area contributed by atoms with Crippen LogP contribution in [0, 0.1) is 0 Å². The number of ether oxygens (including phenoxy) is 1. The van der Waals surface area contributed by atoms with Gasteiger partial charge in [0.1, 0.15) is 4.29 Å². The number of alkyl halides is 6. The lowest BCUT2D eigenvalue weighted by Gasteiger charge is -2.12. The molecule has 0 aromatic carbocycles. The molecule has 0 fully saturated rings. The Labute approximate surface area is 150 Å². The highest BCUT2D eigenvalue weighted by atomic mass is 80.0. The van der Waals surface area contributed by atoms with Gasteiger partial charge in [-0.1, -0.05) is 95.6 Å². The smallest absolute Gasteiger partial charge is 0.313 e. The molecule has 0 bridgehead atoms. The predicted molar refractivity (Wildman–Crippen MR) is 88.6 cm³/mol. The molecule has 0 aromatic heterocycles. The van der Waals surface area contributed by atoms with Crippen molar-refractivity contribution in [2.24, 2.45) is 0 Å². The van der Waals surface area contributed by atoms with E-state index in [9.17, 15) is 9.59 Å². The van der Waals surface area contributed by atoms with Gasteiger partial charge in [0.05, 0.1) is 0 Å². The highest BCUT2D eigenvalue weighted by Gasteiger charge is 2.23. The van der Waals surface area contributed by atoms with Gasteiger partial charge in [-0.3, -0.25) is 9.59 Å². The van der Waals surface area contributed by atoms with Crippen molar-refractivity contribution < 1.29 is 14.3 Å². The summed E-state index contributed by atoms with van der Waals surface area (Å²) >= 11 is 19.5. The van der Waals surface area contributed by atoms with Crippen LogP contribution in [0.2, 0.25) is 0 Å². The first-order chi connectivity index (χ1) is 7.49. The SMILES string of the molecule is O=C(CCC(Br)(Br)Br)OC(=O)CCC(Br)(Br)Br. The number of carbonyl (C=O) groups is 2. The molecule has 0 spiro atoms. The second-order valence-corrected chi connectivity index (χ2v) is 17.6. The fourth-order valence-corrected chi connectivity index (χ4v) is 1.91. The van der Waals surface area contributed by atoms with Crippen molar-refractivity contribution in [3.05, 3.63) is 0 Å². The van der Waals surface area contributed by atoms with E-state index < -0.39 is 16.2 Å². The lowest BCUT2D eigenvalue weighted by atomic mass is 10.3. The van der Waals surface area contributed by atoms with E-state index in [4.69, 9.17) is 0 Å². The van der Waals surface area contributed by atoms with Crippen LogP contribution >= 0.6 is 95.6 Å². The highest BCUT2D eigenvalue weighted by Crippen LogP contribution is 2.39. The van der Waals surface area contributed by atoms with Gasteiger partial charge in [0, 0.05) is 12.8 Å². The van der Waals surface area contributed by atoms with E-state index in [0.717, 1.165) is 0 Å². The Morgan fingerprint density at radius 3 is 1.29 bits per heavy atom. The topological polar surface area (TPSA) is 43.4 Å². The number of hydrogen-bond acceptors (Lipinski definition) is 3. The molecule has 0 rings (SSSR count). The van der Waals surface area contributed by atoms with Gasteiger partial charge >= 0.3 is 11.9 Å². The third-order valence-corrected chi connectivity index (χ3v) is 3.83. The minimum absolute atomic E-state index is 0.134. The summed E-state index contributed by atoms with van der Waals surface area (Å²) in [6.07, 6.45) is 1.18. The van der Waals surface area contributed by atoms with E-state index in [1.165, 1.54) is 0 Å². The second kappa shape index (κ2) is 8.34. The molecule has 0 aliphatic rings. The van der Waals surface area contributed by atoms with Gasteiger partial charge in [0.15, 0.2) is 0 Å². The maximum atomic E-state index is 11.3. The van der Waals surface area contributed by atoms with E-state index in [-0.39, 0.29) is 12.8 Å². The van der Waals surface area contributed by atoms with Crippen molar-refractivity contribution in [3.63, 3.8) is 0 Å². The van der Waals surface area contributed by atoms with Gasteiger partial charge in [0.2, 0.25) is 0 Å². The Morgan fingerprint density at radius 2 is 1.06 bits per heavy atom. The lowest BCUT2D eigenvalue weighted by Crippen LogP contribution is -2.15. The molecule has 9 heteroatoms. The molecule has 17 heavy (non-hydrogen) atoms. The average molecular weight is 632 g/mol. The van der Waals surface area contributed by atoms with Crippen LogP contribution in [0.5, 0.6) is 0 Å². The number of rotatable bonds is 4. The van der Waals surface area contributed by atoms with Crippen molar-refractivity contribution >= 4 is 108 Å². The van der Waals surface area contributed by atoms with Gasteiger partial charge in [0.25, 0.3) is 0 Å². The third-order valence-electron chi connectivity index (χ3n) is 1.45. The normalized spacial score (nSPS) is 12.4. The Hall–Kier alpha value is 2.02. The van der Waals surface area contributed by atoms with Crippen LogP contribution in [-0.4, -0.2) is 16.2 Å². The number of carbonyl (C=O) groups excluding carboxylic acids is 2. The van der Waals surface area contributed by atoms with Crippen LogP contribution in [0.4, 0.5) is 0 Å². The van der Waals surface area contributed by atoms with E-state index >= 15 is 0 Å². The van der Waals surface area contributed by atoms with Crippen molar-refractivity contribution in [2.45, 2.75) is 30.0 Å². The Kier molecular flexibility index (Phi) is 9.33. The van der Waals surface area contributed by atoms with Crippen LogP contribution in [-0.2, 0) is 14.3 Å². The second-order valence-electron chi connectivity index (χ2n) is 3.08. The van der Waals surface area contributed by atoms with E-state index in [0.29, 0.717) is 12.8 Å². The highest BCUT2D eigenvalue weighted by molar-refractivity contribution is 9.39. The van der Waals surface area contributed by atoms with E-state index in [2.05, 4.69) is 100 Å². The summed E-state index contributed by atoms with van der Waals surface area (Å²) in [5.41, 5.74) is 0. The van der Waals surface area contributed by atoms with Crippen LogP contribution in [0.1, 0.15) is 25.7 Å². The maximum absolute atomic E-state index is 11.3. The summed E-state index contributed by atoms with van der Waals surface area (Å²) in [6.45, 7) is 0. The van der Waals surface area contributed by atoms with Gasteiger partial charge in [-0.2, -0.15) is 0 Å². The number of hydrogen-bond donors (Lipinski definition) is 0. The molecule has 100 valence electrons. The quantitative estimate of drug-likeness (QED) is 0.241. The van der Waals surface area contributed by atoms with Gasteiger partial charge in [-0.25, -0.2) is 0 Å². The maximum Gasteiger partial charge on any atom is 0.313 e. The van der Waals surface area contributed by atoms with Crippen LogP contribution < -0.4 is 0 Å². The molecular formula is C8H8Br6O3. The molecule has 0 atom stereocenters. The van der Waals surface area contributed by atoms with Crippen molar-refractivity contribution in [3.8, 4) is 0 Å². The predicted octanol–water partition coefficient (Wildman–Crippen LogP) is 5.29.